The highest BCUT2D eigenvalue weighted by molar-refractivity contribution is 7.88. The first kappa shape index (κ1) is 19.4. The molecule has 8 heteroatoms. The van der Waals surface area contributed by atoms with Gasteiger partial charge in [-0.1, -0.05) is 30.3 Å². The second-order valence-electron chi connectivity index (χ2n) is 6.42. The van der Waals surface area contributed by atoms with E-state index in [9.17, 15) is 18.0 Å². The maximum Gasteiger partial charge on any atom is 0.309 e. The predicted molar refractivity (Wildman–Crippen MR) is 95.2 cm³/mol. The van der Waals surface area contributed by atoms with E-state index in [2.05, 4.69) is 10.6 Å². The van der Waals surface area contributed by atoms with Crippen LogP contribution < -0.4 is 10.6 Å². The van der Waals surface area contributed by atoms with E-state index in [-0.39, 0.29) is 12.0 Å². The standard InChI is InChI=1S/C17H25N3O4S/c1-13(15-6-4-3-5-7-15)19-17(22)16(21)18-12-14-8-10-20(11-9-14)25(2,23)24/h3-7,13-14H,8-12H2,1-2H3,(H,18,21)(H,19,22). The molecule has 7 nitrogen and oxygen atoms in total. The largest absolute Gasteiger partial charge is 0.348 e. The summed E-state index contributed by atoms with van der Waals surface area (Å²) in [5.74, 6) is -1.14. The van der Waals surface area contributed by atoms with E-state index in [1.54, 1.807) is 0 Å². The molecule has 0 radical (unpaired) electrons. The molecule has 1 aromatic carbocycles. The van der Waals surface area contributed by atoms with Crippen LogP contribution in [0.1, 0.15) is 31.4 Å². The minimum Gasteiger partial charge on any atom is -0.348 e. The monoisotopic (exact) mass is 367 g/mol. The second-order valence-corrected chi connectivity index (χ2v) is 8.40. The molecular weight excluding hydrogens is 342 g/mol. The van der Waals surface area contributed by atoms with Crippen LogP contribution in [0, 0.1) is 5.92 Å². The van der Waals surface area contributed by atoms with Crippen molar-refractivity contribution in [3.05, 3.63) is 35.9 Å². The summed E-state index contributed by atoms with van der Waals surface area (Å²) in [5.41, 5.74) is 0.928. The number of amides is 2. The first-order valence-corrected chi connectivity index (χ1v) is 10.2. The molecule has 1 aromatic rings. The van der Waals surface area contributed by atoms with Crippen LogP contribution in [0.15, 0.2) is 30.3 Å². The molecule has 1 aliphatic rings. The Morgan fingerprint density at radius 3 is 2.32 bits per heavy atom. The van der Waals surface area contributed by atoms with E-state index in [4.69, 9.17) is 0 Å². The fraction of sp³-hybridized carbons (Fsp3) is 0.529. The lowest BCUT2D eigenvalue weighted by atomic mass is 9.98. The first-order chi connectivity index (χ1) is 11.8. The number of rotatable bonds is 5. The lowest BCUT2D eigenvalue weighted by molar-refractivity contribution is -0.139. The van der Waals surface area contributed by atoms with Gasteiger partial charge in [0.1, 0.15) is 0 Å². The fourth-order valence-corrected chi connectivity index (χ4v) is 3.72. The number of carbonyl (C=O) groups is 2. The van der Waals surface area contributed by atoms with Gasteiger partial charge in [-0.2, -0.15) is 0 Å². The van der Waals surface area contributed by atoms with Gasteiger partial charge in [-0.05, 0) is 31.2 Å². The quantitative estimate of drug-likeness (QED) is 0.747. The average molecular weight is 367 g/mol. The first-order valence-electron chi connectivity index (χ1n) is 8.36. The maximum atomic E-state index is 12.0. The van der Waals surface area contributed by atoms with E-state index >= 15 is 0 Å². The van der Waals surface area contributed by atoms with Gasteiger partial charge in [-0.3, -0.25) is 9.59 Å². The Morgan fingerprint density at radius 2 is 1.76 bits per heavy atom. The number of hydrogen-bond acceptors (Lipinski definition) is 4. The Morgan fingerprint density at radius 1 is 1.16 bits per heavy atom. The number of piperidine rings is 1. The fourth-order valence-electron chi connectivity index (χ4n) is 2.85. The van der Waals surface area contributed by atoms with Crippen molar-refractivity contribution in [1.82, 2.24) is 14.9 Å². The second kappa shape index (κ2) is 8.44. The zero-order chi connectivity index (χ0) is 18.4. The Balaban J connectivity index is 1.74. The normalized spacial score (nSPS) is 17.7. The third-order valence-corrected chi connectivity index (χ3v) is 5.75. The average Bonchev–Trinajstić information content (AvgIpc) is 2.60. The number of carbonyl (C=O) groups excluding carboxylic acids is 2. The Labute approximate surface area is 148 Å². The van der Waals surface area contributed by atoms with Crippen molar-refractivity contribution < 1.29 is 18.0 Å². The van der Waals surface area contributed by atoms with Crippen molar-refractivity contribution in [2.75, 3.05) is 25.9 Å². The number of nitrogens with one attached hydrogen (secondary N) is 2. The molecule has 1 fully saturated rings. The van der Waals surface area contributed by atoms with Crippen LogP contribution in [0.25, 0.3) is 0 Å². The lowest BCUT2D eigenvalue weighted by Crippen LogP contribution is -2.45. The number of nitrogens with zero attached hydrogens (tertiary/aromatic N) is 1. The third kappa shape index (κ3) is 5.82. The molecule has 1 unspecified atom stereocenters. The molecule has 2 amide bonds. The van der Waals surface area contributed by atoms with Gasteiger partial charge >= 0.3 is 11.8 Å². The van der Waals surface area contributed by atoms with Crippen molar-refractivity contribution in [1.29, 1.82) is 0 Å². The van der Waals surface area contributed by atoms with E-state index in [0.717, 1.165) is 5.56 Å². The van der Waals surface area contributed by atoms with Crippen LogP contribution in [-0.2, 0) is 19.6 Å². The van der Waals surface area contributed by atoms with E-state index in [0.29, 0.717) is 32.5 Å². The summed E-state index contributed by atoms with van der Waals surface area (Å²) in [4.78, 5) is 23.9. The molecule has 2 N–H and O–H groups in total. The smallest absolute Gasteiger partial charge is 0.309 e. The molecule has 2 rings (SSSR count). The van der Waals surface area contributed by atoms with Gasteiger partial charge in [-0.25, -0.2) is 12.7 Å². The maximum absolute atomic E-state index is 12.0. The molecule has 0 bridgehead atoms. The lowest BCUT2D eigenvalue weighted by Gasteiger charge is -2.30. The molecule has 0 spiro atoms. The molecule has 0 saturated carbocycles. The van der Waals surface area contributed by atoms with Crippen LogP contribution in [0.5, 0.6) is 0 Å². The Hall–Kier alpha value is -1.93. The van der Waals surface area contributed by atoms with Crippen LogP contribution in [0.3, 0.4) is 0 Å². The Kier molecular flexibility index (Phi) is 6.55. The summed E-state index contributed by atoms with van der Waals surface area (Å²) in [6.07, 6.45) is 2.55. The molecule has 0 aromatic heterocycles. The van der Waals surface area contributed by atoms with Crippen molar-refractivity contribution in [2.45, 2.75) is 25.8 Å². The highest BCUT2D eigenvalue weighted by atomic mass is 32.2. The summed E-state index contributed by atoms with van der Waals surface area (Å²) < 4.78 is 24.4. The van der Waals surface area contributed by atoms with Crippen LogP contribution in [0.2, 0.25) is 0 Å². The molecule has 25 heavy (non-hydrogen) atoms. The van der Waals surface area contributed by atoms with Gasteiger partial charge < -0.3 is 10.6 Å². The minimum absolute atomic E-state index is 0.182. The SMILES string of the molecule is CC(NC(=O)C(=O)NCC1CCN(S(C)(=O)=O)CC1)c1ccccc1. The van der Waals surface area contributed by atoms with Crippen molar-refractivity contribution in [3.63, 3.8) is 0 Å². The zero-order valence-corrected chi connectivity index (χ0v) is 15.4. The minimum atomic E-state index is -3.15. The molecule has 1 aliphatic heterocycles. The third-order valence-electron chi connectivity index (χ3n) is 4.45. The van der Waals surface area contributed by atoms with Gasteiger partial charge in [0.05, 0.1) is 12.3 Å². The van der Waals surface area contributed by atoms with E-state index in [1.807, 2.05) is 37.3 Å². The molecular formula is C17H25N3O4S. The molecule has 0 aliphatic carbocycles. The molecule has 138 valence electrons. The molecule has 1 heterocycles. The summed E-state index contributed by atoms with van der Waals surface area (Å²) >= 11 is 0. The van der Waals surface area contributed by atoms with Crippen LogP contribution >= 0.6 is 0 Å². The number of hydrogen-bond donors (Lipinski definition) is 2. The molecule has 1 atom stereocenters. The van der Waals surface area contributed by atoms with Gasteiger partial charge in [0, 0.05) is 19.6 Å². The molecule has 1 saturated heterocycles. The van der Waals surface area contributed by atoms with Crippen molar-refractivity contribution >= 4 is 21.8 Å². The summed E-state index contributed by atoms with van der Waals surface area (Å²) in [6, 6.07) is 9.16. The van der Waals surface area contributed by atoms with Gasteiger partial charge in [0.2, 0.25) is 10.0 Å². The highest BCUT2D eigenvalue weighted by Gasteiger charge is 2.26. The van der Waals surface area contributed by atoms with Crippen molar-refractivity contribution in [3.8, 4) is 0 Å². The predicted octanol–water partition coefficient (Wildman–Crippen LogP) is 0.652. The van der Waals surface area contributed by atoms with Gasteiger partial charge in [-0.15, -0.1) is 0 Å². The van der Waals surface area contributed by atoms with Crippen molar-refractivity contribution in [2.24, 2.45) is 5.92 Å². The van der Waals surface area contributed by atoms with Gasteiger partial charge in [0.15, 0.2) is 0 Å². The van der Waals surface area contributed by atoms with E-state index < -0.39 is 21.8 Å². The number of benzene rings is 1. The topological polar surface area (TPSA) is 95.6 Å². The Bertz CT molecular complexity index is 698. The van der Waals surface area contributed by atoms with E-state index in [1.165, 1.54) is 10.6 Å². The summed E-state index contributed by atoms with van der Waals surface area (Å²) in [7, 11) is -3.15. The highest BCUT2D eigenvalue weighted by Crippen LogP contribution is 2.18. The van der Waals surface area contributed by atoms with Gasteiger partial charge in [0.25, 0.3) is 0 Å². The van der Waals surface area contributed by atoms with Crippen LogP contribution in [0.4, 0.5) is 0 Å². The summed E-state index contributed by atoms with van der Waals surface area (Å²) in [5, 5.41) is 5.32. The van der Waals surface area contributed by atoms with Crippen LogP contribution in [-0.4, -0.2) is 50.4 Å². The zero-order valence-electron chi connectivity index (χ0n) is 14.6. The number of sulfonamides is 1. The summed E-state index contributed by atoms with van der Waals surface area (Å²) in [6.45, 7) is 3.11.